The zero-order chi connectivity index (χ0) is 15.3. The van der Waals surface area contributed by atoms with Crippen LogP contribution in [0.15, 0.2) is 6.20 Å². The van der Waals surface area contributed by atoms with E-state index < -0.39 is 31.1 Å². The van der Waals surface area contributed by atoms with E-state index in [1.54, 1.807) is 6.20 Å². The van der Waals surface area contributed by atoms with E-state index >= 15 is 0 Å². The molecule has 0 bridgehead atoms. The SMILES string of the molecule is Nc1nc(Cl)c2c(I)cn([C@@H]3O[C@H](CO)[C@@H](O)[C@H]3O)c2n1. The van der Waals surface area contributed by atoms with Crippen LogP contribution in [0.4, 0.5) is 5.95 Å². The molecule has 5 N–H and O–H groups in total. The third-order valence-corrected chi connectivity index (χ3v) is 4.48. The van der Waals surface area contributed by atoms with E-state index in [4.69, 9.17) is 27.2 Å². The van der Waals surface area contributed by atoms with E-state index in [1.165, 1.54) is 4.57 Å². The number of hydrogen-bond acceptors (Lipinski definition) is 7. The number of ether oxygens (including phenoxy) is 1. The maximum absolute atomic E-state index is 10.1. The highest BCUT2D eigenvalue weighted by molar-refractivity contribution is 14.1. The van der Waals surface area contributed by atoms with Crippen molar-refractivity contribution in [3.63, 3.8) is 0 Å². The number of nitrogen functional groups attached to an aromatic ring is 1. The van der Waals surface area contributed by atoms with Crippen LogP contribution in [-0.4, -0.2) is 54.8 Å². The summed E-state index contributed by atoms with van der Waals surface area (Å²) in [7, 11) is 0. The summed E-state index contributed by atoms with van der Waals surface area (Å²) in [5.74, 6) is -0.00464. The molecule has 3 rings (SSSR count). The van der Waals surface area contributed by atoms with Crippen molar-refractivity contribution in [2.24, 2.45) is 0 Å². The molecular weight excluding hydrogens is 415 g/mol. The first-order valence-electron chi connectivity index (χ1n) is 6.05. The Kier molecular flexibility index (Phi) is 3.96. The minimum Gasteiger partial charge on any atom is -0.394 e. The predicted molar refractivity (Wildman–Crippen MR) is 82.7 cm³/mol. The van der Waals surface area contributed by atoms with Gasteiger partial charge in [-0.2, -0.15) is 4.98 Å². The number of aromatic nitrogens is 3. The van der Waals surface area contributed by atoms with Crippen LogP contribution in [-0.2, 0) is 4.74 Å². The smallest absolute Gasteiger partial charge is 0.223 e. The molecule has 1 fully saturated rings. The quantitative estimate of drug-likeness (QED) is 0.390. The van der Waals surface area contributed by atoms with Crippen LogP contribution < -0.4 is 5.73 Å². The second-order valence-corrected chi connectivity index (χ2v) is 6.20. The van der Waals surface area contributed by atoms with Gasteiger partial charge in [0.2, 0.25) is 5.95 Å². The molecule has 0 spiro atoms. The van der Waals surface area contributed by atoms with Gasteiger partial charge in [0.1, 0.15) is 29.1 Å². The highest BCUT2D eigenvalue weighted by Crippen LogP contribution is 2.35. The molecule has 114 valence electrons. The number of rotatable bonds is 2. The molecule has 1 aliphatic heterocycles. The van der Waals surface area contributed by atoms with Crippen LogP contribution in [0.1, 0.15) is 6.23 Å². The van der Waals surface area contributed by atoms with Gasteiger partial charge in [0.15, 0.2) is 6.23 Å². The Morgan fingerprint density at radius 2 is 2.10 bits per heavy atom. The van der Waals surface area contributed by atoms with Crippen molar-refractivity contribution in [1.82, 2.24) is 14.5 Å². The zero-order valence-corrected chi connectivity index (χ0v) is 13.4. The Bertz CT molecular complexity index is 696. The first-order chi connectivity index (χ1) is 9.93. The summed E-state index contributed by atoms with van der Waals surface area (Å²) >= 11 is 8.12. The fraction of sp³-hybridized carbons (Fsp3) is 0.455. The molecule has 0 aliphatic carbocycles. The van der Waals surface area contributed by atoms with E-state index in [9.17, 15) is 10.2 Å². The molecule has 0 radical (unpaired) electrons. The van der Waals surface area contributed by atoms with Crippen LogP contribution in [0.2, 0.25) is 5.15 Å². The van der Waals surface area contributed by atoms with Crippen molar-refractivity contribution >= 4 is 51.2 Å². The van der Waals surface area contributed by atoms with Crippen LogP contribution in [0, 0.1) is 3.57 Å². The van der Waals surface area contributed by atoms with Gasteiger partial charge in [-0.3, -0.25) is 0 Å². The van der Waals surface area contributed by atoms with E-state index in [0.717, 1.165) is 3.57 Å². The molecule has 10 heteroatoms. The maximum atomic E-state index is 10.1. The lowest BCUT2D eigenvalue weighted by Gasteiger charge is -2.17. The molecule has 0 saturated carbocycles. The average Bonchev–Trinajstić information content (AvgIpc) is 2.89. The first kappa shape index (κ1) is 15.2. The molecule has 0 amide bonds. The van der Waals surface area contributed by atoms with Gasteiger partial charge in [-0.15, -0.1) is 0 Å². The molecule has 4 atom stereocenters. The normalized spacial score (nSPS) is 29.4. The van der Waals surface area contributed by atoms with Crippen molar-refractivity contribution in [2.45, 2.75) is 24.5 Å². The summed E-state index contributed by atoms with van der Waals surface area (Å²) in [6, 6.07) is 0. The lowest BCUT2D eigenvalue weighted by molar-refractivity contribution is -0.0509. The van der Waals surface area contributed by atoms with Crippen LogP contribution in [0.25, 0.3) is 11.0 Å². The Morgan fingerprint density at radius 1 is 1.38 bits per heavy atom. The van der Waals surface area contributed by atoms with Gasteiger partial charge in [0.25, 0.3) is 0 Å². The van der Waals surface area contributed by atoms with Crippen molar-refractivity contribution in [2.75, 3.05) is 12.3 Å². The number of halogens is 2. The highest BCUT2D eigenvalue weighted by Gasteiger charge is 2.44. The maximum Gasteiger partial charge on any atom is 0.223 e. The molecule has 1 aliphatic rings. The van der Waals surface area contributed by atoms with E-state index in [1.807, 2.05) is 0 Å². The fourth-order valence-corrected chi connectivity index (χ4v) is 3.61. The van der Waals surface area contributed by atoms with Crippen molar-refractivity contribution in [1.29, 1.82) is 0 Å². The van der Waals surface area contributed by atoms with Gasteiger partial charge in [-0.25, -0.2) is 4.98 Å². The van der Waals surface area contributed by atoms with Crippen LogP contribution in [0.5, 0.6) is 0 Å². The fourth-order valence-electron chi connectivity index (χ4n) is 2.38. The minimum absolute atomic E-state index is 0.00464. The molecule has 3 heterocycles. The Balaban J connectivity index is 2.13. The van der Waals surface area contributed by atoms with Crippen LogP contribution in [0.3, 0.4) is 0 Å². The number of nitrogens with zero attached hydrogens (tertiary/aromatic N) is 3. The molecule has 2 aromatic rings. The van der Waals surface area contributed by atoms with Crippen LogP contribution >= 0.6 is 34.2 Å². The number of aliphatic hydroxyl groups excluding tert-OH is 3. The average molecular weight is 427 g/mol. The number of anilines is 1. The van der Waals surface area contributed by atoms with Gasteiger partial charge in [0, 0.05) is 9.77 Å². The Morgan fingerprint density at radius 3 is 2.71 bits per heavy atom. The van der Waals surface area contributed by atoms with E-state index in [2.05, 4.69) is 32.6 Å². The van der Waals surface area contributed by atoms with E-state index in [0.29, 0.717) is 11.0 Å². The summed E-state index contributed by atoms with van der Waals surface area (Å²) in [5, 5.41) is 29.9. The number of hydrogen-bond donors (Lipinski definition) is 4. The molecule has 21 heavy (non-hydrogen) atoms. The molecular formula is C11H12ClIN4O4. The minimum atomic E-state index is -1.21. The predicted octanol–water partition coefficient (Wildman–Crippen LogP) is -0.117. The Labute approximate surface area is 137 Å². The molecule has 0 unspecified atom stereocenters. The molecule has 1 saturated heterocycles. The van der Waals surface area contributed by atoms with Crippen molar-refractivity contribution < 1.29 is 20.1 Å². The molecule has 0 aromatic carbocycles. The van der Waals surface area contributed by atoms with Gasteiger partial charge >= 0.3 is 0 Å². The summed E-state index contributed by atoms with van der Waals surface area (Å²) in [4.78, 5) is 8.01. The topological polar surface area (TPSA) is 127 Å². The zero-order valence-electron chi connectivity index (χ0n) is 10.5. The monoisotopic (exact) mass is 426 g/mol. The summed E-state index contributed by atoms with van der Waals surface area (Å²) < 4.78 is 7.77. The first-order valence-corrected chi connectivity index (χ1v) is 7.51. The lowest BCUT2D eigenvalue weighted by Crippen LogP contribution is -2.33. The second kappa shape index (κ2) is 5.48. The summed E-state index contributed by atoms with van der Waals surface area (Å²) in [6.45, 7) is -0.400. The number of nitrogens with two attached hydrogens (primary N) is 1. The van der Waals surface area contributed by atoms with Gasteiger partial charge < -0.3 is 30.4 Å². The highest BCUT2D eigenvalue weighted by atomic mass is 127. The van der Waals surface area contributed by atoms with E-state index in [-0.39, 0.29) is 11.1 Å². The second-order valence-electron chi connectivity index (χ2n) is 4.68. The third kappa shape index (κ3) is 2.37. The van der Waals surface area contributed by atoms with Gasteiger partial charge in [-0.1, -0.05) is 11.6 Å². The largest absolute Gasteiger partial charge is 0.394 e. The van der Waals surface area contributed by atoms with Crippen molar-refractivity contribution in [3.8, 4) is 0 Å². The molecule has 8 nitrogen and oxygen atoms in total. The Hall–Kier alpha value is -0.720. The number of aliphatic hydroxyl groups is 3. The van der Waals surface area contributed by atoms with Gasteiger partial charge in [0.05, 0.1) is 12.0 Å². The molecule has 2 aromatic heterocycles. The standard InChI is InChI=1S/C11H12ClIN4O4/c12-8-5-3(13)1-17(9(5)16-11(14)15-8)10-7(20)6(19)4(2-18)21-10/h1,4,6-7,10,18-20H,2H2,(H2,14,15,16)/t4-,6-,7-,10-/m1/s1. The summed E-state index contributed by atoms with van der Waals surface area (Å²) in [5.41, 5.74) is 6.00. The summed E-state index contributed by atoms with van der Waals surface area (Å²) in [6.07, 6.45) is -2.48. The number of fused-ring (bicyclic) bond motifs is 1. The third-order valence-electron chi connectivity index (χ3n) is 3.39. The lowest BCUT2D eigenvalue weighted by atomic mass is 10.1. The van der Waals surface area contributed by atoms with Gasteiger partial charge in [-0.05, 0) is 22.6 Å². The van der Waals surface area contributed by atoms with Crippen molar-refractivity contribution in [3.05, 3.63) is 14.9 Å².